The molecule has 108 valence electrons. The van der Waals surface area contributed by atoms with Crippen molar-refractivity contribution in [3.63, 3.8) is 0 Å². The number of hydrogen-bond donors (Lipinski definition) is 1. The van der Waals surface area contributed by atoms with E-state index in [0.717, 1.165) is 22.6 Å². The van der Waals surface area contributed by atoms with Gasteiger partial charge in [0.1, 0.15) is 18.3 Å². The zero-order chi connectivity index (χ0) is 14.8. The molecule has 0 bridgehead atoms. The number of nitrogens with zero attached hydrogens (tertiary/aromatic N) is 5. The zero-order valence-corrected chi connectivity index (χ0v) is 12.5. The minimum Gasteiger partial charge on any atom is -0.379 e. The first kappa shape index (κ1) is 13.6. The van der Waals surface area contributed by atoms with Crippen LogP contribution in [0.5, 0.6) is 0 Å². The molecule has 0 atom stereocenters. The lowest BCUT2D eigenvalue weighted by molar-refractivity contribution is 0.756. The van der Waals surface area contributed by atoms with Crippen molar-refractivity contribution in [3.05, 3.63) is 53.3 Å². The molecule has 6 nitrogen and oxygen atoms in total. The minimum atomic E-state index is 0.619. The van der Waals surface area contributed by atoms with Crippen molar-refractivity contribution in [2.45, 2.75) is 13.5 Å². The van der Waals surface area contributed by atoms with Crippen LogP contribution in [0.25, 0.3) is 5.69 Å². The van der Waals surface area contributed by atoms with Crippen molar-refractivity contribution in [2.75, 3.05) is 5.32 Å². The molecule has 21 heavy (non-hydrogen) atoms. The quantitative estimate of drug-likeness (QED) is 0.804. The van der Waals surface area contributed by atoms with E-state index < -0.39 is 0 Å². The summed E-state index contributed by atoms with van der Waals surface area (Å²) in [5, 5.41) is 12.5. The van der Waals surface area contributed by atoms with Gasteiger partial charge in [-0.25, -0.2) is 9.67 Å². The van der Waals surface area contributed by atoms with E-state index in [9.17, 15) is 0 Å². The van der Waals surface area contributed by atoms with Gasteiger partial charge in [0, 0.05) is 25.4 Å². The van der Waals surface area contributed by atoms with Crippen molar-refractivity contribution >= 4 is 17.3 Å². The maximum atomic E-state index is 6.29. The normalized spacial score (nSPS) is 10.8. The molecule has 0 spiro atoms. The Labute approximate surface area is 127 Å². The average Bonchev–Trinajstić information content (AvgIpc) is 3.06. The van der Waals surface area contributed by atoms with Crippen LogP contribution >= 0.6 is 11.6 Å². The summed E-state index contributed by atoms with van der Waals surface area (Å²) in [5.74, 6) is 0. The molecule has 2 heterocycles. The first-order valence-corrected chi connectivity index (χ1v) is 6.89. The Morgan fingerprint density at radius 2 is 2.19 bits per heavy atom. The van der Waals surface area contributed by atoms with Crippen LogP contribution in [-0.4, -0.2) is 24.5 Å². The molecule has 0 saturated heterocycles. The highest BCUT2D eigenvalue weighted by atomic mass is 35.5. The molecule has 0 radical (unpaired) electrons. The molecule has 0 fully saturated rings. The van der Waals surface area contributed by atoms with E-state index in [4.69, 9.17) is 11.6 Å². The zero-order valence-electron chi connectivity index (χ0n) is 11.8. The lowest BCUT2D eigenvalue weighted by Crippen LogP contribution is -2.06. The average molecular weight is 303 g/mol. The molecule has 3 aromatic rings. The number of benzene rings is 1. The van der Waals surface area contributed by atoms with Gasteiger partial charge < -0.3 is 5.32 Å². The molecule has 0 aliphatic rings. The smallest absolute Gasteiger partial charge is 0.138 e. The molecule has 0 amide bonds. The van der Waals surface area contributed by atoms with Gasteiger partial charge in [-0.2, -0.15) is 10.2 Å². The molecular formula is C14H15ClN6. The van der Waals surface area contributed by atoms with Gasteiger partial charge in [0.25, 0.3) is 0 Å². The number of aryl methyl sites for hydroxylation is 2. The van der Waals surface area contributed by atoms with Crippen LogP contribution in [0.15, 0.2) is 37.1 Å². The van der Waals surface area contributed by atoms with Gasteiger partial charge in [-0.05, 0) is 19.1 Å². The van der Waals surface area contributed by atoms with E-state index in [1.165, 1.54) is 6.33 Å². The summed E-state index contributed by atoms with van der Waals surface area (Å²) in [6.07, 6.45) is 5.11. The van der Waals surface area contributed by atoms with E-state index >= 15 is 0 Å². The van der Waals surface area contributed by atoms with Gasteiger partial charge in [-0.1, -0.05) is 17.7 Å². The van der Waals surface area contributed by atoms with E-state index in [0.29, 0.717) is 11.6 Å². The Morgan fingerprint density at radius 1 is 1.33 bits per heavy atom. The van der Waals surface area contributed by atoms with Crippen molar-refractivity contribution in [1.82, 2.24) is 24.5 Å². The molecule has 1 aromatic carbocycles. The van der Waals surface area contributed by atoms with E-state index in [1.54, 1.807) is 11.0 Å². The van der Waals surface area contributed by atoms with Gasteiger partial charge in [0.15, 0.2) is 0 Å². The third-order valence-corrected chi connectivity index (χ3v) is 3.52. The summed E-state index contributed by atoms with van der Waals surface area (Å²) >= 11 is 6.29. The molecule has 0 aliphatic heterocycles. The fraction of sp³-hybridized carbons (Fsp3) is 0.214. The molecule has 0 unspecified atom stereocenters. The number of anilines is 1. The molecule has 1 N–H and O–H groups in total. The van der Waals surface area contributed by atoms with Crippen LogP contribution in [0, 0.1) is 6.92 Å². The highest BCUT2D eigenvalue weighted by Crippen LogP contribution is 2.28. The SMILES string of the molecule is Cc1nn(C)cc1CNc1cccc(Cl)c1-n1cncn1. The Bertz CT molecular complexity index is 747. The van der Waals surface area contributed by atoms with Crippen molar-refractivity contribution in [3.8, 4) is 5.69 Å². The lowest BCUT2D eigenvalue weighted by Gasteiger charge is -2.12. The molecule has 3 rings (SSSR count). The van der Waals surface area contributed by atoms with Gasteiger partial charge in [-0.15, -0.1) is 0 Å². The summed E-state index contributed by atoms with van der Waals surface area (Å²) in [5.41, 5.74) is 3.84. The number of para-hydroxylation sites is 1. The molecule has 0 aliphatic carbocycles. The van der Waals surface area contributed by atoms with E-state index in [-0.39, 0.29) is 0 Å². The van der Waals surface area contributed by atoms with Crippen molar-refractivity contribution < 1.29 is 0 Å². The molecule has 2 aromatic heterocycles. The summed E-state index contributed by atoms with van der Waals surface area (Å²) < 4.78 is 3.46. The summed E-state index contributed by atoms with van der Waals surface area (Å²) in [4.78, 5) is 3.97. The van der Waals surface area contributed by atoms with Gasteiger partial charge >= 0.3 is 0 Å². The number of nitrogens with one attached hydrogen (secondary N) is 1. The van der Waals surface area contributed by atoms with Crippen LogP contribution in [0.4, 0.5) is 5.69 Å². The van der Waals surface area contributed by atoms with E-state index in [1.807, 2.05) is 43.0 Å². The topological polar surface area (TPSA) is 60.6 Å². The second-order valence-corrected chi connectivity index (χ2v) is 5.15. The molecule has 7 heteroatoms. The van der Waals surface area contributed by atoms with Crippen molar-refractivity contribution in [2.24, 2.45) is 7.05 Å². The fourth-order valence-corrected chi connectivity index (χ4v) is 2.49. The third kappa shape index (κ3) is 2.75. The highest BCUT2D eigenvalue weighted by molar-refractivity contribution is 6.33. The largest absolute Gasteiger partial charge is 0.379 e. The standard InChI is InChI=1S/C14H15ClN6/c1-10-11(7-20(2)19-10)6-17-13-5-3-4-12(15)14(13)21-9-16-8-18-21/h3-5,7-9,17H,6H2,1-2H3. The Morgan fingerprint density at radius 3 is 2.86 bits per heavy atom. The van der Waals surface area contributed by atoms with Crippen LogP contribution < -0.4 is 5.32 Å². The van der Waals surface area contributed by atoms with Gasteiger partial charge in [-0.3, -0.25) is 4.68 Å². The Balaban J connectivity index is 1.89. The van der Waals surface area contributed by atoms with Gasteiger partial charge in [0.05, 0.1) is 16.4 Å². The Kier molecular flexibility index (Phi) is 3.62. The second-order valence-electron chi connectivity index (χ2n) is 4.74. The number of aromatic nitrogens is 5. The van der Waals surface area contributed by atoms with E-state index in [2.05, 4.69) is 20.5 Å². The monoisotopic (exact) mass is 302 g/mol. The number of hydrogen-bond acceptors (Lipinski definition) is 4. The maximum Gasteiger partial charge on any atom is 0.138 e. The number of halogens is 1. The van der Waals surface area contributed by atoms with Crippen LogP contribution in [0.1, 0.15) is 11.3 Å². The molecular weight excluding hydrogens is 288 g/mol. The van der Waals surface area contributed by atoms with Crippen molar-refractivity contribution in [1.29, 1.82) is 0 Å². The predicted molar refractivity (Wildman–Crippen MR) is 81.6 cm³/mol. The summed E-state index contributed by atoms with van der Waals surface area (Å²) in [6.45, 7) is 2.66. The summed E-state index contributed by atoms with van der Waals surface area (Å²) in [6, 6.07) is 5.70. The summed E-state index contributed by atoms with van der Waals surface area (Å²) in [7, 11) is 1.91. The molecule has 0 saturated carbocycles. The van der Waals surface area contributed by atoms with Crippen LogP contribution in [0.2, 0.25) is 5.02 Å². The van der Waals surface area contributed by atoms with Gasteiger partial charge in [0.2, 0.25) is 0 Å². The third-order valence-electron chi connectivity index (χ3n) is 3.22. The lowest BCUT2D eigenvalue weighted by atomic mass is 10.2. The fourth-order valence-electron chi connectivity index (χ4n) is 2.23. The maximum absolute atomic E-state index is 6.29. The van der Waals surface area contributed by atoms with Crippen LogP contribution in [0.3, 0.4) is 0 Å². The first-order valence-electron chi connectivity index (χ1n) is 6.51. The predicted octanol–water partition coefficient (Wildman–Crippen LogP) is 2.57. The minimum absolute atomic E-state index is 0.619. The first-order chi connectivity index (χ1) is 10.1. The second kappa shape index (κ2) is 5.57. The highest BCUT2D eigenvalue weighted by Gasteiger charge is 2.11. The number of rotatable bonds is 4. The van der Waals surface area contributed by atoms with Crippen LogP contribution in [-0.2, 0) is 13.6 Å². The Hall–Kier alpha value is -2.34.